The molecule has 1 atom stereocenters. The van der Waals surface area contributed by atoms with Crippen LogP contribution in [0.3, 0.4) is 0 Å². The summed E-state index contributed by atoms with van der Waals surface area (Å²) in [5.41, 5.74) is -0.559. The lowest BCUT2D eigenvalue weighted by Gasteiger charge is -2.20. The van der Waals surface area contributed by atoms with Crippen LogP contribution in [0.1, 0.15) is 41.5 Å². The van der Waals surface area contributed by atoms with Crippen LogP contribution in [-0.2, 0) is 14.8 Å². The Labute approximate surface area is 145 Å². The lowest BCUT2D eigenvalue weighted by molar-refractivity contribution is -0.127. The first-order valence-electron chi connectivity index (χ1n) is 7.99. The highest BCUT2D eigenvalue weighted by Gasteiger charge is 2.22. The fourth-order valence-corrected chi connectivity index (χ4v) is 3.28. The van der Waals surface area contributed by atoms with Gasteiger partial charge in [0.1, 0.15) is 5.75 Å². The molecule has 0 aliphatic rings. The number of rotatable bonds is 7. The van der Waals surface area contributed by atoms with Crippen LogP contribution >= 0.6 is 0 Å². The highest BCUT2D eigenvalue weighted by molar-refractivity contribution is 7.89. The fraction of sp³-hybridized carbons (Fsp3) is 0.588. The van der Waals surface area contributed by atoms with Crippen LogP contribution in [-0.4, -0.2) is 32.5 Å². The average molecular weight is 356 g/mol. The van der Waals surface area contributed by atoms with Gasteiger partial charge in [0, 0.05) is 12.1 Å². The summed E-state index contributed by atoms with van der Waals surface area (Å²) in [6.07, 6.45) is -0.654. The van der Waals surface area contributed by atoms with Crippen LogP contribution in [0.2, 0.25) is 0 Å². The molecule has 0 aliphatic carbocycles. The predicted molar refractivity (Wildman–Crippen MR) is 94.5 cm³/mol. The van der Waals surface area contributed by atoms with E-state index in [1.807, 2.05) is 13.8 Å². The van der Waals surface area contributed by atoms with E-state index in [2.05, 4.69) is 10.0 Å². The van der Waals surface area contributed by atoms with Crippen LogP contribution in [0.15, 0.2) is 29.2 Å². The van der Waals surface area contributed by atoms with Gasteiger partial charge in [-0.25, -0.2) is 13.1 Å². The lowest BCUT2D eigenvalue weighted by atomic mass is 10.1. The minimum Gasteiger partial charge on any atom is -0.481 e. The molecule has 1 aromatic rings. The zero-order chi connectivity index (χ0) is 18.5. The maximum absolute atomic E-state index is 12.2. The van der Waals surface area contributed by atoms with E-state index in [1.54, 1.807) is 39.8 Å². The largest absolute Gasteiger partial charge is 0.481 e. The monoisotopic (exact) mass is 356 g/mol. The topological polar surface area (TPSA) is 84.5 Å². The van der Waals surface area contributed by atoms with Crippen LogP contribution in [0.4, 0.5) is 0 Å². The van der Waals surface area contributed by atoms with Crippen LogP contribution in [0, 0.1) is 5.92 Å². The molecule has 0 heterocycles. The van der Waals surface area contributed by atoms with E-state index in [0.29, 0.717) is 18.2 Å². The van der Waals surface area contributed by atoms with E-state index in [9.17, 15) is 13.2 Å². The smallest absolute Gasteiger partial charge is 0.260 e. The number of amides is 1. The minimum atomic E-state index is -3.58. The van der Waals surface area contributed by atoms with Crippen LogP contribution in [0.25, 0.3) is 0 Å². The molecule has 2 N–H and O–H groups in total. The third-order valence-corrected chi connectivity index (χ3v) is 4.72. The first kappa shape index (κ1) is 20.4. The number of ether oxygens (including phenoxy) is 1. The standard InChI is InChI=1S/C17H28N2O4S/c1-12(2)11-18-16(20)13(3)23-14-7-9-15(10-8-14)24(21,22)19-17(4,5)6/h7-10,12-13,19H,11H2,1-6H3,(H,18,20)/t13-/m1/s1. The Morgan fingerprint density at radius 1 is 1.12 bits per heavy atom. The van der Waals surface area contributed by atoms with Gasteiger partial charge in [0.25, 0.3) is 5.91 Å². The second kappa shape index (κ2) is 7.98. The van der Waals surface area contributed by atoms with Crippen molar-refractivity contribution < 1.29 is 17.9 Å². The van der Waals surface area contributed by atoms with Gasteiger partial charge in [-0.15, -0.1) is 0 Å². The minimum absolute atomic E-state index is 0.154. The van der Waals surface area contributed by atoms with Gasteiger partial charge >= 0.3 is 0 Å². The Hall–Kier alpha value is -1.60. The van der Waals surface area contributed by atoms with Crippen LogP contribution in [0.5, 0.6) is 5.75 Å². The average Bonchev–Trinajstić information content (AvgIpc) is 2.42. The maximum Gasteiger partial charge on any atom is 0.260 e. The Morgan fingerprint density at radius 3 is 2.12 bits per heavy atom. The molecule has 0 bridgehead atoms. The summed E-state index contributed by atoms with van der Waals surface area (Å²) in [4.78, 5) is 12.0. The van der Waals surface area contributed by atoms with Crippen LogP contribution < -0.4 is 14.8 Å². The molecular weight excluding hydrogens is 328 g/mol. The first-order valence-corrected chi connectivity index (χ1v) is 9.47. The van der Waals surface area contributed by atoms with E-state index in [-0.39, 0.29) is 10.8 Å². The molecule has 0 spiro atoms. The number of hydrogen-bond donors (Lipinski definition) is 2. The predicted octanol–water partition coefficient (Wildman–Crippen LogP) is 2.30. The van der Waals surface area contributed by atoms with Gasteiger partial charge in [0.2, 0.25) is 10.0 Å². The van der Waals surface area contributed by atoms with E-state index in [1.165, 1.54) is 12.1 Å². The Morgan fingerprint density at radius 2 is 1.67 bits per heavy atom. The third-order valence-electron chi connectivity index (χ3n) is 2.94. The molecule has 0 aromatic heterocycles. The number of benzene rings is 1. The number of carbonyl (C=O) groups excluding carboxylic acids is 1. The van der Waals surface area contributed by atoms with Crippen molar-refractivity contribution in [3.05, 3.63) is 24.3 Å². The molecule has 136 valence electrons. The molecule has 6 nitrogen and oxygen atoms in total. The molecule has 1 aromatic carbocycles. The normalized spacial score (nSPS) is 13.6. The number of carbonyl (C=O) groups is 1. The molecule has 0 unspecified atom stereocenters. The van der Waals surface area contributed by atoms with Gasteiger partial charge in [-0.05, 0) is 57.9 Å². The van der Waals surface area contributed by atoms with Gasteiger partial charge in [0.15, 0.2) is 6.10 Å². The second-order valence-corrected chi connectivity index (χ2v) is 8.91. The highest BCUT2D eigenvalue weighted by Crippen LogP contribution is 2.18. The molecule has 0 saturated heterocycles. The summed E-state index contributed by atoms with van der Waals surface area (Å²) in [6, 6.07) is 6.01. The molecule has 0 saturated carbocycles. The number of hydrogen-bond acceptors (Lipinski definition) is 4. The van der Waals surface area contributed by atoms with E-state index in [4.69, 9.17) is 4.74 Å². The van der Waals surface area contributed by atoms with E-state index >= 15 is 0 Å². The van der Waals surface area contributed by atoms with E-state index < -0.39 is 21.7 Å². The Bertz CT molecular complexity index is 646. The third kappa shape index (κ3) is 6.88. The molecule has 1 amide bonds. The van der Waals surface area contributed by atoms with Crippen molar-refractivity contribution >= 4 is 15.9 Å². The van der Waals surface area contributed by atoms with Gasteiger partial charge in [-0.2, -0.15) is 0 Å². The highest BCUT2D eigenvalue weighted by atomic mass is 32.2. The van der Waals surface area contributed by atoms with Crippen molar-refractivity contribution in [1.82, 2.24) is 10.0 Å². The molecule has 0 aliphatic heterocycles. The second-order valence-electron chi connectivity index (χ2n) is 7.23. The van der Waals surface area contributed by atoms with Gasteiger partial charge in [-0.1, -0.05) is 13.8 Å². The zero-order valence-corrected chi connectivity index (χ0v) is 16.0. The van der Waals surface area contributed by atoms with Crippen molar-refractivity contribution in [3.63, 3.8) is 0 Å². The quantitative estimate of drug-likeness (QED) is 0.785. The first-order chi connectivity index (χ1) is 10.9. The van der Waals surface area contributed by atoms with Gasteiger partial charge in [0.05, 0.1) is 4.90 Å². The number of nitrogens with one attached hydrogen (secondary N) is 2. The molecule has 7 heteroatoms. The fourth-order valence-electron chi connectivity index (χ4n) is 1.87. The van der Waals surface area contributed by atoms with Crippen molar-refractivity contribution in [1.29, 1.82) is 0 Å². The van der Waals surface area contributed by atoms with Crippen molar-refractivity contribution in [2.45, 2.75) is 58.1 Å². The summed E-state index contributed by atoms with van der Waals surface area (Å²) >= 11 is 0. The molecule has 0 fully saturated rings. The summed E-state index contributed by atoms with van der Waals surface area (Å²) in [5.74, 6) is 0.604. The van der Waals surface area contributed by atoms with Crippen molar-refractivity contribution in [2.24, 2.45) is 5.92 Å². The summed E-state index contributed by atoms with van der Waals surface area (Å²) in [5, 5.41) is 2.79. The maximum atomic E-state index is 12.2. The Kier molecular flexibility index (Phi) is 6.80. The lowest BCUT2D eigenvalue weighted by Crippen LogP contribution is -2.40. The molecule has 1 rings (SSSR count). The summed E-state index contributed by atoms with van der Waals surface area (Å²) < 4.78 is 32.6. The molecule has 0 radical (unpaired) electrons. The molecule has 24 heavy (non-hydrogen) atoms. The summed E-state index contributed by atoms with van der Waals surface area (Å²) in [7, 11) is -3.58. The summed E-state index contributed by atoms with van der Waals surface area (Å²) in [6.45, 7) is 11.6. The van der Waals surface area contributed by atoms with Gasteiger partial charge in [-0.3, -0.25) is 4.79 Å². The van der Waals surface area contributed by atoms with Crippen molar-refractivity contribution in [2.75, 3.05) is 6.54 Å². The van der Waals surface area contributed by atoms with E-state index in [0.717, 1.165) is 0 Å². The SMILES string of the molecule is CC(C)CNC(=O)[C@@H](C)Oc1ccc(S(=O)(=O)NC(C)(C)C)cc1. The van der Waals surface area contributed by atoms with Gasteiger partial charge < -0.3 is 10.1 Å². The Balaban J connectivity index is 2.73. The molecular formula is C17H28N2O4S. The zero-order valence-electron chi connectivity index (χ0n) is 15.2. The number of sulfonamides is 1. The van der Waals surface area contributed by atoms with Crippen molar-refractivity contribution in [3.8, 4) is 5.75 Å².